The van der Waals surface area contributed by atoms with Crippen LogP contribution in [0.5, 0.6) is 0 Å². The molecule has 0 aliphatic carbocycles. The number of benzene rings is 3. The van der Waals surface area contributed by atoms with Crippen LogP contribution in [-0.4, -0.2) is 20.4 Å². The fourth-order valence-corrected chi connectivity index (χ4v) is 4.23. The molecule has 2 aromatic heterocycles. The lowest BCUT2D eigenvalue weighted by Gasteiger charge is -2.20. The molecule has 3 N–H and O–H groups in total. The van der Waals surface area contributed by atoms with Crippen LogP contribution in [0.1, 0.15) is 22.9 Å². The molecule has 36 heavy (non-hydrogen) atoms. The van der Waals surface area contributed by atoms with Gasteiger partial charge >= 0.3 is 0 Å². The van der Waals surface area contributed by atoms with Crippen molar-refractivity contribution in [1.29, 1.82) is 5.26 Å². The second-order valence-electron chi connectivity index (χ2n) is 7.79. The summed E-state index contributed by atoms with van der Waals surface area (Å²) in [4.78, 5) is 4.35. The Bertz CT molecular complexity index is 1600. The fourth-order valence-electron chi connectivity index (χ4n) is 3.78. The molecule has 5 aromatic rings. The van der Waals surface area contributed by atoms with Crippen LogP contribution in [0.4, 0.5) is 25.8 Å². The Hall–Kier alpha value is -4.26. The molecule has 0 fully saturated rings. The maximum absolute atomic E-state index is 13.7. The van der Waals surface area contributed by atoms with Crippen LogP contribution >= 0.6 is 23.2 Å². The van der Waals surface area contributed by atoms with Gasteiger partial charge in [0.25, 0.3) is 0 Å². The van der Waals surface area contributed by atoms with E-state index in [0.29, 0.717) is 38.7 Å². The number of fused-ring (bicyclic) bond motifs is 1. The number of hydrogen-bond donors (Lipinski definition) is 3. The van der Waals surface area contributed by atoms with Crippen LogP contribution in [0, 0.1) is 23.0 Å². The van der Waals surface area contributed by atoms with Crippen LogP contribution < -0.4 is 10.6 Å². The molecule has 11 heteroatoms. The number of nitrogens with one attached hydrogen (secondary N) is 3. The molecule has 0 saturated carbocycles. The summed E-state index contributed by atoms with van der Waals surface area (Å²) in [5.74, 6) is -0.922. The van der Waals surface area contributed by atoms with Gasteiger partial charge in [-0.2, -0.15) is 5.26 Å². The van der Waals surface area contributed by atoms with Gasteiger partial charge in [0, 0.05) is 29.2 Å². The molecule has 0 spiro atoms. The Kier molecular flexibility index (Phi) is 6.38. The molecule has 0 bridgehead atoms. The highest BCUT2D eigenvalue weighted by molar-refractivity contribution is 6.36. The van der Waals surface area contributed by atoms with Gasteiger partial charge in [0.15, 0.2) is 0 Å². The zero-order chi connectivity index (χ0) is 25.2. The second-order valence-corrected chi connectivity index (χ2v) is 8.61. The lowest BCUT2D eigenvalue weighted by Crippen LogP contribution is -2.13. The van der Waals surface area contributed by atoms with E-state index in [-0.39, 0.29) is 16.4 Å². The summed E-state index contributed by atoms with van der Waals surface area (Å²) in [6, 6.07) is 15.3. The predicted octanol–water partition coefficient (Wildman–Crippen LogP) is 6.75. The summed E-state index contributed by atoms with van der Waals surface area (Å²) in [6.45, 7) is 0. The van der Waals surface area contributed by atoms with E-state index in [9.17, 15) is 14.0 Å². The van der Waals surface area contributed by atoms with Gasteiger partial charge < -0.3 is 10.6 Å². The predicted molar refractivity (Wildman–Crippen MR) is 134 cm³/mol. The van der Waals surface area contributed by atoms with Crippen LogP contribution in [-0.2, 0) is 0 Å². The molecule has 7 nitrogen and oxygen atoms in total. The van der Waals surface area contributed by atoms with Gasteiger partial charge in [0.1, 0.15) is 23.4 Å². The van der Waals surface area contributed by atoms with Crippen molar-refractivity contribution >= 4 is 51.2 Å². The normalized spacial score (nSPS) is 11.8. The maximum atomic E-state index is 13.7. The number of nitriles is 1. The molecule has 0 unspecified atom stereocenters. The van der Waals surface area contributed by atoms with Gasteiger partial charge in [0.05, 0.1) is 32.9 Å². The number of hydrogen-bond acceptors (Lipinski definition) is 6. The summed E-state index contributed by atoms with van der Waals surface area (Å²) in [7, 11) is 0. The van der Waals surface area contributed by atoms with Crippen LogP contribution in [0.3, 0.4) is 0 Å². The summed E-state index contributed by atoms with van der Waals surface area (Å²) in [5.41, 5.74) is 3.51. The lowest BCUT2D eigenvalue weighted by molar-refractivity contribution is 0.626. The molecule has 0 radical (unpaired) electrons. The summed E-state index contributed by atoms with van der Waals surface area (Å²) >= 11 is 12.5. The van der Waals surface area contributed by atoms with E-state index < -0.39 is 11.9 Å². The number of anilines is 3. The van der Waals surface area contributed by atoms with E-state index in [0.717, 1.165) is 5.56 Å². The van der Waals surface area contributed by atoms with Crippen molar-refractivity contribution in [3.8, 4) is 6.07 Å². The Morgan fingerprint density at radius 3 is 2.44 bits per heavy atom. The van der Waals surface area contributed by atoms with E-state index in [1.807, 2.05) is 0 Å². The average Bonchev–Trinajstić information content (AvgIpc) is 3.40. The Balaban J connectivity index is 1.61. The van der Waals surface area contributed by atoms with Gasteiger partial charge in [-0.1, -0.05) is 40.5 Å². The molecule has 3 aromatic carbocycles. The minimum absolute atomic E-state index is 0.0630. The van der Waals surface area contributed by atoms with Crippen molar-refractivity contribution in [3.63, 3.8) is 0 Å². The van der Waals surface area contributed by atoms with Crippen LogP contribution in [0.25, 0.3) is 10.9 Å². The van der Waals surface area contributed by atoms with Gasteiger partial charge in [0.2, 0.25) is 0 Å². The fraction of sp³-hybridized carbons (Fsp3) is 0.0400. The third-order valence-corrected chi connectivity index (χ3v) is 6.06. The number of aromatic nitrogens is 4. The van der Waals surface area contributed by atoms with Gasteiger partial charge in [-0.3, -0.25) is 10.1 Å². The molecule has 5 rings (SSSR count). The molecular weight excluding hydrogens is 507 g/mol. The largest absolute Gasteiger partial charge is 0.373 e. The van der Waals surface area contributed by atoms with Crippen molar-refractivity contribution in [2.75, 3.05) is 10.6 Å². The molecule has 1 atom stereocenters. The first-order valence-electron chi connectivity index (χ1n) is 10.6. The summed E-state index contributed by atoms with van der Waals surface area (Å²) < 4.78 is 27.2. The molecule has 0 aliphatic rings. The minimum atomic E-state index is -0.559. The zero-order valence-corrected chi connectivity index (χ0v) is 19.7. The molecule has 178 valence electrons. The number of H-pyrrole nitrogens is 1. The number of rotatable bonds is 6. The van der Waals surface area contributed by atoms with Crippen molar-refractivity contribution in [1.82, 2.24) is 20.4 Å². The summed E-state index contributed by atoms with van der Waals surface area (Å²) in [6.07, 6.45) is 3.04. The minimum Gasteiger partial charge on any atom is -0.373 e. The van der Waals surface area contributed by atoms with E-state index in [2.05, 4.69) is 37.1 Å². The first-order valence-corrected chi connectivity index (χ1v) is 11.3. The quantitative estimate of drug-likeness (QED) is 0.228. The van der Waals surface area contributed by atoms with Crippen molar-refractivity contribution in [3.05, 3.63) is 105 Å². The number of halogens is 4. The third-order valence-electron chi connectivity index (χ3n) is 5.48. The van der Waals surface area contributed by atoms with E-state index >= 15 is 0 Å². The van der Waals surface area contributed by atoms with Crippen LogP contribution in [0.2, 0.25) is 10.0 Å². The summed E-state index contributed by atoms with van der Waals surface area (Å²) in [5, 5.41) is 27.6. The Morgan fingerprint density at radius 2 is 1.75 bits per heavy atom. The highest BCUT2D eigenvalue weighted by Crippen LogP contribution is 2.37. The number of aromatic amines is 1. The first kappa shape index (κ1) is 23.5. The SMILES string of the molecule is N#Cc1cnc2c(Cl)cc(N[C@@H](c3ccc(F)cc3)c3c[nH]nn3)cc2c1Nc1ccc(F)c(Cl)c1. The van der Waals surface area contributed by atoms with Crippen molar-refractivity contribution < 1.29 is 8.78 Å². The molecule has 0 amide bonds. The number of nitrogens with zero attached hydrogens (tertiary/aromatic N) is 4. The first-order chi connectivity index (χ1) is 17.4. The lowest BCUT2D eigenvalue weighted by atomic mass is 10.0. The third kappa shape index (κ3) is 4.64. The van der Waals surface area contributed by atoms with Crippen molar-refractivity contribution in [2.45, 2.75) is 6.04 Å². The standard InChI is InChI=1S/C25H15Cl2F2N7/c26-19-8-16(5-6-21(19)29)33-23-14(10-30)11-31-25-18(23)7-17(9-20(25)27)34-24(22-12-32-36-35-22)13-1-3-15(28)4-2-13/h1-9,11-12,24,34H,(H,31,33)(H,32,35,36)/t24-/m0/s1. The topological polar surface area (TPSA) is 102 Å². The monoisotopic (exact) mass is 521 g/mol. The Morgan fingerprint density at radius 1 is 0.972 bits per heavy atom. The zero-order valence-electron chi connectivity index (χ0n) is 18.2. The number of pyridine rings is 1. The Labute approximate surface area is 213 Å². The average molecular weight is 522 g/mol. The van der Waals surface area contributed by atoms with Gasteiger partial charge in [-0.05, 0) is 48.0 Å². The van der Waals surface area contributed by atoms with Gasteiger partial charge in [-0.15, -0.1) is 5.10 Å². The van der Waals surface area contributed by atoms with Crippen molar-refractivity contribution in [2.24, 2.45) is 0 Å². The molecule has 2 heterocycles. The maximum Gasteiger partial charge on any atom is 0.141 e. The second kappa shape index (κ2) is 9.77. The molecule has 0 aliphatic heterocycles. The molecule has 0 saturated heterocycles. The van der Waals surface area contributed by atoms with Gasteiger partial charge in [-0.25, -0.2) is 8.78 Å². The van der Waals surface area contributed by atoms with E-state index in [4.69, 9.17) is 23.2 Å². The highest BCUT2D eigenvalue weighted by atomic mass is 35.5. The van der Waals surface area contributed by atoms with E-state index in [1.54, 1.807) is 30.5 Å². The van der Waals surface area contributed by atoms with E-state index in [1.165, 1.54) is 36.5 Å². The smallest absolute Gasteiger partial charge is 0.141 e. The molecular formula is C25H15Cl2F2N7. The highest BCUT2D eigenvalue weighted by Gasteiger charge is 2.19. The van der Waals surface area contributed by atoms with Crippen LogP contribution in [0.15, 0.2) is 67.0 Å².